The lowest BCUT2D eigenvalue weighted by Crippen LogP contribution is -2.49. The van der Waals surface area contributed by atoms with Crippen molar-refractivity contribution in [2.45, 2.75) is 79.1 Å². The third kappa shape index (κ3) is 8.71. The molecule has 0 unspecified atom stereocenters. The highest BCUT2D eigenvalue weighted by Gasteiger charge is 2.30. The Morgan fingerprint density at radius 2 is 1.52 bits per heavy atom. The summed E-state index contributed by atoms with van der Waals surface area (Å²) in [5.74, 6) is 0.744. The van der Waals surface area contributed by atoms with E-state index in [0.717, 1.165) is 69.9 Å². The summed E-state index contributed by atoms with van der Waals surface area (Å²) in [4.78, 5) is 19.3. The van der Waals surface area contributed by atoms with Crippen LogP contribution in [0.2, 0.25) is 0 Å². The van der Waals surface area contributed by atoms with E-state index in [1.54, 1.807) is 4.90 Å². The molecule has 40 heavy (non-hydrogen) atoms. The van der Waals surface area contributed by atoms with Gasteiger partial charge < -0.3 is 9.64 Å². The molecule has 1 aliphatic rings. The smallest absolute Gasteiger partial charge is 0.416 e. The quantitative estimate of drug-likeness (QED) is 0.274. The highest BCUT2D eigenvalue weighted by Crippen LogP contribution is 2.29. The van der Waals surface area contributed by atoms with E-state index in [1.165, 1.54) is 28.8 Å². The molecule has 2 aromatic carbocycles. The van der Waals surface area contributed by atoms with Crippen molar-refractivity contribution in [3.63, 3.8) is 0 Å². The minimum atomic E-state index is -4.40. The Kier molecular flexibility index (Phi) is 11.5. The third-order valence-electron chi connectivity index (χ3n) is 8.06. The lowest BCUT2D eigenvalue weighted by atomic mass is 9.99. The van der Waals surface area contributed by atoms with Crippen molar-refractivity contribution >= 4 is 5.91 Å². The van der Waals surface area contributed by atoms with Gasteiger partial charge in [0.15, 0.2) is 0 Å². The molecule has 5 nitrogen and oxygen atoms in total. The van der Waals surface area contributed by atoms with Gasteiger partial charge >= 0.3 is 6.18 Å². The zero-order valence-electron chi connectivity index (χ0n) is 25.0. The summed E-state index contributed by atoms with van der Waals surface area (Å²) < 4.78 is 44.6. The monoisotopic (exact) mass is 561 g/mol. The molecule has 0 aromatic heterocycles. The number of amides is 1. The van der Waals surface area contributed by atoms with Crippen LogP contribution in [-0.2, 0) is 12.6 Å². The number of carbonyl (C=O) groups excluding carboxylic acids is 1. The van der Waals surface area contributed by atoms with E-state index >= 15 is 0 Å². The molecule has 1 saturated heterocycles. The Morgan fingerprint density at radius 3 is 2.10 bits per heavy atom. The van der Waals surface area contributed by atoms with E-state index < -0.39 is 11.7 Å². The fourth-order valence-electron chi connectivity index (χ4n) is 5.41. The minimum absolute atomic E-state index is 0.215. The van der Waals surface area contributed by atoms with Gasteiger partial charge in [-0.15, -0.1) is 0 Å². The second kappa shape index (κ2) is 14.4. The van der Waals surface area contributed by atoms with Crippen molar-refractivity contribution in [3.8, 4) is 5.75 Å². The summed E-state index contributed by atoms with van der Waals surface area (Å²) in [5, 5.41) is 0. The summed E-state index contributed by atoms with van der Waals surface area (Å²) in [6.45, 7) is 18.6. The summed E-state index contributed by atoms with van der Waals surface area (Å²) in [7, 11) is 0. The lowest BCUT2D eigenvalue weighted by Gasteiger charge is -2.35. The summed E-state index contributed by atoms with van der Waals surface area (Å²) in [5.41, 5.74) is 3.31. The van der Waals surface area contributed by atoms with Gasteiger partial charge in [0.25, 0.3) is 5.91 Å². The molecule has 1 heterocycles. The van der Waals surface area contributed by atoms with Crippen LogP contribution in [0.5, 0.6) is 5.75 Å². The van der Waals surface area contributed by atoms with Crippen LogP contribution in [-0.4, -0.2) is 78.6 Å². The first-order chi connectivity index (χ1) is 18.9. The summed E-state index contributed by atoms with van der Waals surface area (Å²) in [6.07, 6.45) is -1.33. The van der Waals surface area contributed by atoms with Crippen LogP contribution in [0.25, 0.3) is 0 Å². The van der Waals surface area contributed by atoms with E-state index in [9.17, 15) is 18.0 Å². The number of halogens is 3. The number of rotatable bonds is 12. The number of unbranched alkanes of at least 4 members (excludes halogenated alkanes) is 1. The Balaban J connectivity index is 1.42. The molecular weight excluding hydrogens is 515 g/mol. The first kappa shape index (κ1) is 31.9. The molecule has 0 saturated carbocycles. The molecular formula is C32H46F3N3O2. The molecule has 8 heteroatoms. The molecule has 3 rings (SSSR count). The molecule has 0 atom stereocenters. The van der Waals surface area contributed by atoms with E-state index in [2.05, 4.69) is 63.5 Å². The molecule has 0 aliphatic carbocycles. The van der Waals surface area contributed by atoms with Gasteiger partial charge in [-0.1, -0.05) is 6.07 Å². The van der Waals surface area contributed by atoms with E-state index in [4.69, 9.17) is 4.74 Å². The molecule has 2 aromatic rings. The zero-order valence-corrected chi connectivity index (χ0v) is 25.0. The maximum atomic E-state index is 12.8. The second-order valence-electron chi connectivity index (χ2n) is 11.4. The number of alkyl halides is 3. The number of carbonyl (C=O) groups is 1. The average Bonchev–Trinajstić information content (AvgIpc) is 2.91. The maximum Gasteiger partial charge on any atom is 0.416 e. The summed E-state index contributed by atoms with van der Waals surface area (Å²) >= 11 is 0. The van der Waals surface area contributed by atoms with Gasteiger partial charge in [0, 0.05) is 50.4 Å². The number of nitrogens with zero attached hydrogens (tertiary/aromatic N) is 3. The number of hydrogen-bond acceptors (Lipinski definition) is 4. The fourth-order valence-corrected chi connectivity index (χ4v) is 5.41. The topological polar surface area (TPSA) is 36.0 Å². The van der Waals surface area contributed by atoms with E-state index in [0.29, 0.717) is 30.7 Å². The van der Waals surface area contributed by atoms with Crippen LogP contribution in [0.3, 0.4) is 0 Å². The van der Waals surface area contributed by atoms with Crippen LogP contribution < -0.4 is 4.74 Å². The van der Waals surface area contributed by atoms with Crippen LogP contribution in [0.1, 0.15) is 73.1 Å². The molecule has 0 bridgehead atoms. The van der Waals surface area contributed by atoms with Gasteiger partial charge in [0.1, 0.15) is 5.75 Å². The van der Waals surface area contributed by atoms with E-state index in [-0.39, 0.29) is 5.91 Å². The van der Waals surface area contributed by atoms with Crippen molar-refractivity contribution < 1.29 is 22.7 Å². The Labute approximate surface area is 238 Å². The first-order valence-corrected chi connectivity index (χ1v) is 14.5. The molecule has 1 aliphatic heterocycles. The lowest BCUT2D eigenvalue weighted by molar-refractivity contribution is -0.137. The van der Waals surface area contributed by atoms with Crippen LogP contribution in [0.4, 0.5) is 13.2 Å². The van der Waals surface area contributed by atoms with Gasteiger partial charge in [-0.3, -0.25) is 14.6 Å². The number of ether oxygens (including phenoxy) is 1. The average molecular weight is 562 g/mol. The van der Waals surface area contributed by atoms with Crippen LogP contribution in [0, 0.1) is 13.8 Å². The predicted octanol–water partition coefficient (Wildman–Crippen LogP) is 6.60. The highest BCUT2D eigenvalue weighted by molar-refractivity contribution is 5.94. The van der Waals surface area contributed by atoms with Crippen molar-refractivity contribution in [2.24, 2.45) is 0 Å². The molecule has 1 fully saturated rings. The van der Waals surface area contributed by atoms with Crippen molar-refractivity contribution in [1.29, 1.82) is 0 Å². The largest absolute Gasteiger partial charge is 0.493 e. The van der Waals surface area contributed by atoms with E-state index in [1.807, 2.05) is 0 Å². The fraction of sp³-hybridized carbons (Fsp3) is 0.594. The van der Waals surface area contributed by atoms with Crippen LogP contribution >= 0.6 is 0 Å². The highest BCUT2D eigenvalue weighted by atomic mass is 19.4. The maximum absolute atomic E-state index is 12.8. The SMILES string of the molecule is Cc1c(CCN2CCN(C(=O)c3ccc(C(F)(F)F)cc3)CC2)ccc(OCCCCN(C(C)C)C(C)C)c1C. The third-order valence-corrected chi connectivity index (χ3v) is 8.06. The van der Waals surface area contributed by atoms with Crippen LogP contribution in [0.15, 0.2) is 36.4 Å². The zero-order chi connectivity index (χ0) is 29.4. The standard InChI is InChI=1S/C32H46F3N3O2/c1-23(2)38(24(3)4)16-7-8-22-40-30-14-11-27(25(5)26(30)6)15-17-36-18-20-37(21-19-36)31(39)28-9-12-29(13-10-28)32(33,34)35/h9-14,23-24H,7-8,15-22H2,1-6H3. The number of hydrogen-bond donors (Lipinski definition) is 0. The molecule has 1 amide bonds. The Hall–Kier alpha value is -2.58. The van der Waals surface area contributed by atoms with Crippen molar-refractivity contribution in [1.82, 2.24) is 14.7 Å². The van der Waals surface area contributed by atoms with Crippen molar-refractivity contribution in [3.05, 3.63) is 64.2 Å². The van der Waals surface area contributed by atoms with Gasteiger partial charge in [-0.25, -0.2) is 0 Å². The van der Waals surface area contributed by atoms with Gasteiger partial charge in [0.05, 0.1) is 12.2 Å². The van der Waals surface area contributed by atoms with Crippen molar-refractivity contribution in [2.75, 3.05) is 45.9 Å². The Morgan fingerprint density at radius 1 is 0.900 bits per heavy atom. The molecule has 0 radical (unpaired) electrons. The molecule has 0 spiro atoms. The molecule has 222 valence electrons. The normalized spacial score (nSPS) is 14.9. The minimum Gasteiger partial charge on any atom is -0.493 e. The first-order valence-electron chi connectivity index (χ1n) is 14.5. The summed E-state index contributed by atoms with van der Waals surface area (Å²) in [6, 6.07) is 9.84. The van der Waals surface area contributed by atoms with Gasteiger partial charge in [0.2, 0.25) is 0 Å². The molecule has 0 N–H and O–H groups in total. The number of benzene rings is 2. The van der Waals surface area contributed by atoms with Gasteiger partial charge in [-0.05, 0) is 114 Å². The second-order valence-corrected chi connectivity index (χ2v) is 11.4. The number of piperazine rings is 1. The Bertz CT molecular complexity index is 1080. The van der Waals surface area contributed by atoms with Gasteiger partial charge in [-0.2, -0.15) is 13.2 Å². The predicted molar refractivity (Wildman–Crippen MR) is 155 cm³/mol.